The summed E-state index contributed by atoms with van der Waals surface area (Å²) in [4.78, 5) is 14.1. The molecule has 0 unspecified atom stereocenters. The van der Waals surface area contributed by atoms with Gasteiger partial charge in [-0.25, -0.2) is 4.39 Å². The first kappa shape index (κ1) is 17.6. The van der Waals surface area contributed by atoms with Crippen LogP contribution in [0.2, 0.25) is 0 Å². The Balaban J connectivity index is 3.04. The van der Waals surface area contributed by atoms with Crippen molar-refractivity contribution >= 4 is 5.91 Å². The van der Waals surface area contributed by atoms with Crippen LogP contribution in [0.5, 0.6) is 0 Å². The number of benzene rings is 1. The zero-order valence-electron chi connectivity index (χ0n) is 12.6. The smallest absolute Gasteiger partial charge is 0.242 e. The van der Waals surface area contributed by atoms with Crippen molar-refractivity contribution in [1.82, 2.24) is 10.2 Å². The number of likely N-dealkylation sites (N-methyl/N-ethyl adjacent to an activating group) is 1. The normalized spacial score (nSPS) is 13.3. The van der Waals surface area contributed by atoms with E-state index >= 15 is 0 Å². The van der Waals surface area contributed by atoms with Crippen molar-refractivity contribution in [2.45, 2.75) is 24.9 Å². The van der Waals surface area contributed by atoms with Crippen LogP contribution in [0.25, 0.3) is 0 Å². The molecule has 1 rings (SSSR count). The van der Waals surface area contributed by atoms with Crippen molar-refractivity contribution < 1.29 is 19.4 Å². The Morgan fingerprint density at radius 2 is 2.00 bits per heavy atom. The molecule has 0 radical (unpaired) electrons. The number of hydrogen-bond acceptors (Lipinski definition) is 4. The molecule has 1 atom stereocenters. The lowest BCUT2D eigenvalue weighted by atomic mass is 9.96. The standard InChI is InChI=1S/C15H23FN2O3/c1-4-15(9-19,10-20)17-14(21)13(18(2)3)11-6-5-7-12(16)8-11/h5-8,13,19-20H,4,9-10H2,1-3H3,(H,17,21)/t13-/m1/s1. The largest absolute Gasteiger partial charge is 0.394 e. The number of carbonyl (C=O) groups excluding carboxylic acids is 1. The van der Waals surface area contributed by atoms with E-state index in [-0.39, 0.29) is 13.2 Å². The number of hydrogen-bond donors (Lipinski definition) is 3. The molecule has 118 valence electrons. The summed E-state index contributed by atoms with van der Waals surface area (Å²) in [6, 6.07) is 5.12. The number of rotatable bonds is 7. The quantitative estimate of drug-likeness (QED) is 0.692. The van der Waals surface area contributed by atoms with E-state index < -0.39 is 23.3 Å². The molecule has 1 aromatic rings. The van der Waals surface area contributed by atoms with Crippen LogP contribution in [0, 0.1) is 5.82 Å². The van der Waals surface area contributed by atoms with Crippen molar-refractivity contribution in [3.05, 3.63) is 35.6 Å². The molecule has 6 heteroatoms. The van der Waals surface area contributed by atoms with E-state index in [0.29, 0.717) is 12.0 Å². The minimum Gasteiger partial charge on any atom is -0.394 e. The first-order chi connectivity index (χ1) is 9.89. The fourth-order valence-electron chi connectivity index (χ4n) is 2.13. The second-order valence-corrected chi connectivity index (χ2v) is 5.36. The zero-order valence-corrected chi connectivity index (χ0v) is 12.6. The highest BCUT2D eigenvalue weighted by molar-refractivity contribution is 5.83. The van der Waals surface area contributed by atoms with Gasteiger partial charge in [-0.3, -0.25) is 9.69 Å². The van der Waals surface area contributed by atoms with Gasteiger partial charge < -0.3 is 15.5 Å². The van der Waals surface area contributed by atoms with Crippen LogP contribution in [-0.2, 0) is 4.79 Å². The number of amides is 1. The molecule has 0 aromatic heterocycles. The molecule has 21 heavy (non-hydrogen) atoms. The van der Waals surface area contributed by atoms with Gasteiger partial charge in [-0.15, -0.1) is 0 Å². The Morgan fingerprint density at radius 1 is 1.38 bits per heavy atom. The van der Waals surface area contributed by atoms with Gasteiger partial charge in [-0.1, -0.05) is 19.1 Å². The molecule has 0 fully saturated rings. The molecular formula is C15H23FN2O3. The van der Waals surface area contributed by atoms with E-state index in [4.69, 9.17) is 0 Å². The van der Waals surface area contributed by atoms with Crippen LogP contribution in [-0.4, -0.2) is 53.9 Å². The van der Waals surface area contributed by atoms with Gasteiger partial charge in [0.15, 0.2) is 0 Å². The summed E-state index contributed by atoms with van der Waals surface area (Å²) in [5.74, 6) is -0.811. The molecule has 0 aliphatic carbocycles. The van der Waals surface area contributed by atoms with E-state index in [9.17, 15) is 19.4 Å². The predicted molar refractivity (Wildman–Crippen MR) is 78.2 cm³/mol. The van der Waals surface area contributed by atoms with Crippen LogP contribution < -0.4 is 5.32 Å². The van der Waals surface area contributed by atoms with Crippen molar-refractivity contribution in [3.63, 3.8) is 0 Å². The Morgan fingerprint density at radius 3 is 2.43 bits per heavy atom. The maximum absolute atomic E-state index is 13.4. The van der Waals surface area contributed by atoms with Gasteiger partial charge in [-0.05, 0) is 38.2 Å². The third kappa shape index (κ3) is 4.23. The summed E-state index contributed by atoms with van der Waals surface area (Å²) in [5, 5.41) is 21.5. The molecule has 1 aromatic carbocycles. The summed E-state index contributed by atoms with van der Waals surface area (Å²) in [6.07, 6.45) is 0.384. The first-order valence-electron chi connectivity index (χ1n) is 6.84. The number of carbonyl (C=O) groups is 1. The third-order valence-corrected chi connectivity index (χ3v) is 3.60. The zero-order chi connectivity index (χ0) is 16.0. The van der Waals surface area contributed by atoms with Gasteiger partial charge in [0.1, 0.15) is 11.9 Å². The summed E-state index contributed by atoms with van der Waals surface area (Å²) in [6.45, 7) is 1.03. The van der Waals surface area contributed by atoms with Gasteiger partial charge in [-0.2, -0.15) is 0 Å². The molecule has 0 heterocycles. The van der Waals surface area contributed by atoms with E-state index in [0.717, 1.165) is 0 Å². The Kier molecular flexibility index (Phi) is 6.26. The molecule has 0 spiro atoms. The molecule has 0 bridgehead atoms. The van der Waals surface area contributed by atoms with Gasteiger partial charge in [0.05, 0.1) is 18.8 Å². The average molecular weight is 298 g/mol. The second-order valence-electron chi connectivity index (χ2n) is 5.36. The minimum atomic E-state index is -1.07. The molecule has 3 N–H and O–H groups in total. The van der Waals surface area contributed by atoms with Crippen molar-refractivity contribution in [2.75, 3.05) is 27.3 Å². The van der Waals surface area contributed by atoms with Crippen LogP contribution >= 0.6 is 0 Å². The van der Waals surface area contributed by atoms with Gasteiger partial charge in [0, 0.05) is 0 Å². The molecule has 1 amide bonds. The van der Waals surface area contributed by atoms with Crippen LogP contribution in [0.15, 0.2) is 24.3 Å². The summed E-state index contributed by atoms with van der Waals surface area (Å²) < 4.78 is 13.4. The lowest BCUT2D eigenvalue weighted by Crippen LogP contribution is -2.56. The van der Waals surface area contributed by atoms with Crippen molar-refractivity contribution in [3.8, 4) is 0 Å². The SMILES string of the molecule is CCC(CO)(CO)NC(=O)[C@@H](c1cccc(F)c1)N(C)C. The number of aliphatic hydroxyl groups excluding tert-OH is 2. The number of halogens is 1. The van der Waals surface area contributed by atoms with Crippen molar-refractivity contribution in [1.29, 1.82) is 0 Å². The summed E-state index contributed by atoms with van der Waals surface area (Å²) in [5.41, 5.74) is -0.558. The molecule has 0 aliphatic rings. The van der Waals surface area contributed by atoms with E-state index in [2.05, 4.69) is 5.32 Å². The Bertz CT molecular complexity index is 467. The monoisotopic (exact) mass is 298 g/mol. The van der Waals surface area contributed by atoms with Gasteiger partial charge >= 0.3 is 0 Å². The maximum atomic E-state index is 13.4. The highest BCUT2D eigenvalue weighted by Gasteiger charge is 2.33. The summed E-state index contributed by atoms with van der Waals surface area (Å²) >= 11 is 0. The highest BCUT2D eigenvalue weighted by Crippen LogP contribution is 2.21. The first-order valence-corrected chi connectivity index (χ1v) is 6.84. The highest BCUT2D eigenvalue weighted by atomic mass is 19.1. The molecule has 5 nitrogen and oxygen atoms in total. The number of aliphatic hydroxyl groups is 2. The van der Waals surface area contributed by atoms with Crippen LogP contribution in [0.3, 0.4) is 0 Å². The third-order valence-electron chi connectivity index (χ3n) is 3.60. The van der Waals surface area contributed by atoms with Crippen LogP contribution in [0.4, 0.5) is 4.39 Å². The Hall–Kier alpha value is -1.50. The second kappa shape index (κ2) is 7.49. The lowest BCUT2D eigenvalue weighted by Gasteiger charge is -2.33. The fraction of sp³-hybridized carbons (Fsp3) is 0.533. The van der Waals surface area contributed by atoms with Crippen LogP contribution in [0.1, 0.15) is 24.9 Å². The predicted octanol–water partition coefficient (Wildman–Crippen LogP) is 0.678. The molecule has 0 saturated carbocycles. The van der Waals surface area contributed by atoms with Gasteiger partial charge in [0.25, 0.3) is 0 Å². The lowest BCUT2D eigenvalue weighted by molar-refractivity contribution is -0.129. The van der Waals surface area contributed by atoms with E-state index in [1.165, 1.54) is 12.1 Å². The number of nitrogens with zero attached hydrogens (tertiary/aromatic N) is 1. The van der Waals surface area contributed by atoms with Gasteiger partial charge in [0.2, 0.25) is 5.91 Å². The molecule has 0 saturated heterocycles. The maximum Gasteiger partial charge on any atom is 0.242 e. The minimum absolute atomic E-state index is 0.366. The van der Waals surface area contributed by atoms with E-state index in [1.807, 2.05) is 0 Å². The summed E-state index contributed by atoms with van der Waals surface area (Å²) in [7, 11) is 3.42. The van der Waals surface area contributed by atoms with E-state index in [1.54, 1.807) is 38.1 Å². The molecule has 0 aliphatic heterocycles. The van der Waals surface area contributed by atoms with Crippen molar-refractivity contribution in [2.24, 2.45) is 0 Å². The fourth-order valence-corrected chi connectivity index (χ4v) is 2.13. The average Bonchev–Trinajstić information content (AvgIpc) is 2.45. The number of nitrogens with one attached hydrogen (secondary N) is 1. The topological polar surface area (TPSA) is 72.8 Å². The molecular weight excluding hydrogens is 275 g/mol. The Labute approximate surface area is 124 Å².